The van der Waals surface area contributed by atoms with E-state index in [0.29, 0.717) is 17.0 Å². The summed E-state index contributed by atoms with van der Waals surface area (Å²) in [6, 6.07) is 1.54. The Kier molecular flexibility index (Phi) is 3.45. The smallest absolute Gasteiger partial charge is 0.216 e. The van der Waals surface area contributed by atoms with Crippen LogP contribution in [0.2, 0.25) is 5.02 Å². The van der Waals surface area contributed by atoms with Gasteiger partial charge in [0.25, 0.3) is 0 Å². The van der Waals surface area contributed by atoms with E-state index in [0.717, 1.165) is 0 Å². The average Bonchev–Trinajstić information content (AvgIpc) is 2.11. The zero-order valence-corrected chi connectivity index (χ0v) is 8.98. The van der Waals surface area contributed by atoms with Crippen molar-refractivity contribution >= 4 is 11.6 Å². The number of nitrogens with zero attached hydrogens (tertiary/aromatic N) is 1. The highest BCUT2D eigenvalue weighted by atomic mass is 35.5. The minimum Gasteiger partial charge on any atom is -0.396 e. The number of rotatable bonds is 3. The largest absolute Gasteiger partial charge is 0.396 e. The monoisotopic (exact) mass is 217 g/mol. The molecule has 0 aliphatic carbocycles. The van der Waals surface area contributed by atoms with Gasteiger partial charge < -0.3 is 5.11 Å². The van der Waals surface area contributed by atoms with Crippen molar-refractivity contribution in [2.24, 2.45) is 5.41 Å². The standard InChI is InChI=1S/C10H13ClFNO/c1-10(2,6-14)4-7-3-8(11)5-13-9(7)12/h3,5,14H,4,6H2,1-2H3. The fourth-order valence-electron chi connectivity index (χ4n) is 1.16. The Hall–Kier alpha value is -0.670. The van der Waals surface area contributed by atoms with Gasteiger partial charge in [0.15, 0.2) is 0 Å². The Morgan fingerprint density at radius 2 is 2.21 bits per heavy atom. The Bertz CT molecular complexity index is 328. The Morgan fingerprint density at radius 3 is 2.79 bits per heavy atom. The molecule has 1 N–H and O–H groups in total. The van der Waals surface area contributed by atoms with E-state index < -0.39 is 5.95 Å². The normalized spacial score (nSPS) is 11.8. The van der Waals surface area contributed by atoms with Crippen LogP contribution in [0.1, 0.15) is 19.4 Å². The van der Waals surface area contributed by atoms with Crippen molar-refractivity contribution in [1.82, 2.24) is 4.98 Å². The lowest BCUT2D eigenvalue weighted by Gasteiger charge is -2.21. The van der Waals surface area contributed by atoms with Crippen LogP contribution in [0, 0.1) is 11.4 Å². The van der Waals surface area contributed by atoms with Crippen molar-refractivity contribution in [2.45, 2.75) is 20.3 Å². The van der Waals surface area contributed by atoms with Crippen LogP contribution in [0.25, 0.3) is 0 Å². The molecule has 1 heterocycles. The number of pyridine rings is 1. The van der Waals surface area contributed by atoms with Gasteiger partial charge in [-0.3, -0.25) is 0 Å². The summed E-state index contributed by atoms with van der Waals surface area (Å²) in [5, 5.41) is 9.45. The van der Waals surface area contributed by atoms with Crippen molar-refractivity contribution in [3.8, 4) is 0 Å². The Morgan fingerprint density at radius 1 is 1.57 bits per heavy atom. The second kappa shape index (κ2) is 4.24. The average molecular weight is 218 g/mol. The van der Waals surface area contributed by atoms with E-state index in [1.54, 1.807) is 6.07 Å². The molecule has 0 bridgehead atoms. The summed E-state index contributed by atoms with van der Waals surface area (Å²) >= 11 is 5.70. The molecule has 0 fully saturated rings. The molecule has 0 radical (unpaired) electrons. The zero-order valence-electron chi connectivity index (χ0n) is 8.22. The first-order valence-electron chi connectivity index (χ1n) is 4.35. The predicted octanol–water partition coefficient (Wildman–Crippen LogP) is 2.44. The minimum atomic E-state index is -0.518. The summed E-state index contributed by atoms with van der Waals surface area (Å²) in [5.41, 5.74) is 0.0873. The van der Waals surface area contributed by atoms with E-state index in [-0.39, 0.29) is 12.0 Å². The zero-order chi connectivity index (χ0) is 10.8. The maximum atomic E-state index is 13.2. The van der Waals surface area contributed by atoms with Gasteiger partial charge in [0.05, 0.1) is 5.02 Å². The molecule has 0 amide bonds. The number of aromatic nitrogens is 1. The van der Waals surface area contributed by atoms with E-state index in [9.17, 15) is 4.39 Å². The lowest BCUT2D eigenvalue weighted by atomic mass is 9.87. The number of halogens is 2. The van der Waals surface area contributed by atoms with Crippen LogP contribution in [0.5, 0.6) is 0 Å². The van der Waals surface area contributed by atoms with E-state index in [2.05, 4.69) is 4.98 Å². The van der Waals surface area contributed by atoms with E-state index >= 15 is 0 Å². The van der Waals surface area contributed by atoms with Crippen molar-refractivity contribution in [3.05, 3.63) is 28.8 Å². The molecular formula is C10H13ClFNO. The number of hydrogen-bond acceptors (Lipinski definition) is 2. The van der Waals surface area contributed by atoms with Crippen molar-refractivity contribution in [1.29, 1.82) is 0 Å². The fourth-order valence-corrected chi connectivity index (χ4v) is 1.34. The van der Waals surface area contributed by atoms with Gasteiger partial charge in [-0.15, -0.1) is 0 Å². The maximum absolute atomic E-state index is 13.2. The molecule has 2 nitrogen and oxygen atoms in total. The topological polar surface area (TPSA) is 33.1 Å². The van der Waals surface area contributed by atoms with Crippen LogP contribution in [0.15, 0.2) is 12.3 Å². The molecule has 1 rings (SSSR count). The molecule has 0 unspecified atom stereocenters. The SMILES string of the molecule is CC(C)(CO)Cc1cc(Cl)cnc1F. The van der Waals surface area contributed by atoms with Crippen LogP contribution in [0.4, 0.5) is 4.39 Å². The Labute approximate surface area is 87.7 Å². The van der Waals surface area contributed by atoms with Crippen LogP contribution < -0.4 is 0 Å². The first-order chi connectivity index (χ1) is 6.44. The van der Waals surface area contributed by atoms with Gasteiger partial charge in [0.1, 0.15) is 0 Å². The first kappa shape index (κ1) is 11.4. The molecular weight excluding hydrogens is 205 g/mol. The van der Waals surface area contributed by atoms with Crippen LogP contribution in [-0.2, 0) is 6.42 Å². The predicted molar refractivity (Wildman–Crippen MR) is 53.8 cm³/mol. The molecule has 0 aliphatic heterocycles. The molecule has 78 valence electrons. The molecule has 0 aliphatic rings. The summed E-state index contributed by atoms with van der Waals surface area (Å²) < 4.78 is 13.2. The van der Waals surface area contributed by atoms with Gasteiger partial charge in [0.2, 0.25) is 5.95 Å². The molecule has 0 atom stereocenters. The highest BCUT2D eigenvalue weighted by Crippen LogP contribution is 2.23. The number of aliphatic hydroxyl groups is 1. The van der Waals surface area contributed by atoms with Gasteiger partial charge in [-0.2, -0.15) is 4.39 Å². The molecule has 1 aromatic heterocycles. The summed E-state index contributed by atoms with van der Waals surface area (Å²) in [6.07, 6.45) is 1.69. The van der Waals surface area contributed by atoms with Gasteiger partial charge in [-0.1, -0.05) is 25.4 Å². The third-order valence-corrected chi connectivity index (χ3v) is 2.18. The van der Waals surface area contributed by atoms with Gasteiger partial charge in [-0.25, -0.2) is 4.98 Å². The fraction of sp³-hybridized carbons (Fsp3) is 0.500. The summed E-state index contributed by atoms with van der Waals surface area (Å²) in [7, 11) is 0. The molecule has 4 heteroatoms. The molecule has 1 aromatic rings. The van der Waals surface area contributed by atoms with Crippen molar-refractivity contribution in [3.63, 3.8) is 0 Å². The molecule has 14 heavy (non-hydrogen) atoms. The third-order valence-electron chi connectivity index (χ3n) is 1.98. The minimum absolute atomic E-state index is 0.00104. The highest BCUT2D eigenvalue weighted by Gasteiger charge is 2.19. The molecule has 0 aromatic carbocycles. The second-order valence-electron chi connectivity index (χ2n) is 4.10. The van der Waals surface area contributed by atoms with Crippen molar-refractivity contribution < 1.29 is 9.50 Å². The molecule has 0 saturated heterocycles. The van der Waals surface area contributed by atoms with E-state index in [1.165, 1.54) is 6.20 Å². The number of hydrogen-bond donors (Lipinski definition) is 1. The highest BCUT2D eigenvalue weighted by molar-refractivity contribution is 6.30. The lowest BCUT2D eigenvalue weighted by Crippen LogP contribution is -2.20. The van der Waals surface area contributed by atoms with E-state index in [1.807, 2.05) is 13.8 Å². The second-order valence-corrected chi connectivity index (χ2v) is 4.54. The summed E-state index contributed by atoms with van der Waals surface area (Å²) in [4.78, 5) is 3.52. The van der Waals surface area contributed by atoms with Crippen molar-refractivity contribution in [2.75, 3.05) is 6.61 Å². The van der Waals surface area contributed by atoms with E-state index in [4.69, 9.17) is 16.7 Å². The molecule has 0 saturated carbocycles. The maximum Gasteiger partial charge on any atom is 0.216 e. The number of aliphatic hydroxyl groups excluding tert-OH is 1. The van der Waals surface area contributed by atoms with Gasteiger partial charge >= 0.3 is 0 Å². The lowest BCUT2D eigenvalue weighted by molar-refractivity contribution is 0.158. The Balaban J connectivity index is 2.91. The third kappa shape index (κ3) is 2.93. The van der Waals surface area contributed by atoms with Gasteiger partial charge in [-0.05, 0) is 17.9 Å². The summed E-state index contributed by atoms with van der Waals surface area (Å²) in [5.74, 6) is -0.518. The van der Waals surface area contributed by atoms with Gasteiger partial charge in [0, 0.05) is 18.4 Å². The van der Waals surface area contributed by atoms with Crippen LogP contribution in [0.3, 0.4) is 0 Å². The van der Waals surface area contributed by atoms with Crippen LogP contribution >= 0.6 is 11.6 Å². The summed E-state index contributed by atoms with van der Waals surface area (Å²) in [6.45, 7) is 3.71. The first-order valence-corrected chi connectivity index (χ1v) is 4.73. The van der Waals surface area contributed by atoms with Crippen LogP contribution in [-0.4, -0.2) is 16.7 Å². The quantitative estimate of drug-likeness (QED) is 0.789. The molecule has 0 spiro atoms.